The van der Waals surface area contributed by atoms with Crippen LogP contribution in [0.3, 0.4) is 0 Å². The molecule has 0 aromatic heterocycles. The molecule has 4 nitrogen and oxygen atoms in total. The highest BCUT2D eigenvalue weighted by Crippen LogP contribution is 2.45. The number of piperidine rings is 1. The maximum atomic E-state index is 15.8. The number of amides is 1. The number of benzene rings is 1. The zero-order valence-corrected chi connectivity index (χ0v) is 25.0. The molecule has 1 N–H and O–H groups in total. The van der Waals surface area contributed by atoms with Crippen LogP contribution in [0, 0.1) is 12.7 Å². The van der Waals surface area contributed by atoms with Crippen LogP contribution in [0.1, 0.15) is 103 Å². The molecule has 1 saturated heterocycles. The van der Waals surface area contributed by atoms with Gasteiger partial charge in [-0.1, -0.05) is 51.3 Å². The Balaban J connectivity index is 1.93. The number of nitrogens with zero attached hydrogens (tertiary/aromatic N) is 2. The van der Waals surface area contributed by atoms with E-state index in [1.807, 2.05) is 13.8 Å². The number of carbonyl (C=O) groups excluding carboxylic acids is 1. The molecule has 1 amide bonds. The smallest absolute Gasteiger partial charge is 0.254 e. The van der Waals surface area contributed by atoms with Gasteiger partial charge < -0.3 is 15.1 Å². The quantitative estimate of drug-likeness (QED) is 0.322. The minimum atomic E-state index is -0.320. The van der Waals surface area contributed by atoms with Gasteiger partial charge in [-0.15, -0.1) is 0 Å². The van der Waals surface area contributed by atoms with Crippen molar-refractivity contribution in [1.82, 2.24) is 15.1 Å². The average Bonchev–Trinajstić information content (AvgIpc) is 2.88. The van der Waals surface area contributed by atoms with E-state index in [9.17, 15) is 4.79 Å². The highest BCUT2D eigenvalue weighted by molar-refractivity contribution is 5.95. The van der Waals surface area contributed by atoms with Crippen molar-refractivity contribution in [2.24, 2.45) is 0 Å². The lowest BCUT2D eigenvalue weighted by Gasteiger charge is -2.45. The molecule has 38 heavy (non-hydrogen) atoms. The molecule has 2 heterocycles. The Bertz CT molecular complexity index is 1080. The van der Waals surface area contributed by atoms with Crippen LogP contribution in [0.15, 0.2) is 46.9 Å². The second kappa shape index (κ2) is 13.5. The van der Waals surface area contributed by atoms with Crippen molar-refractivity contribution < 1.29 is 9.18 Å². The third kappa shape index (κ3) is 6.52. The summed E-state index contributed by atoms with van der Waals surface area (Å²) in [5, 5.41) is 3.29. The lowest BCUT2D eigenvalue weighted by Crippen LogP contribution is -2.47. The van der Waals surface area contributed by atoms with Crippen LogP contribution in [0.2, 0.25) is 0 Å². The molecule has 210 valence electrons. The van der Waals surface area contributed by atoms with E-state index in [0.29, 0.717) is 0 Å². The van der Waals surface area contributed by atoms with Crippen LogP contribution in [-0.4, -0.2) is 42.4 Å². The summed E-state index contributed by atoms with van der Waals surface area (Å²) in [6.45, 7) is 15.3. The normalized spacial score (nSPS) is 18.7. The van der Waals surface area contributed by atoms with Gasteiger partial charge in [0.15, 0.2) is 0 Å². The maximum Gasteiger partial charge on any atom is 0.254 e. The Morgan fingerprint density at radius 2 is 1.79 bits per heavy atom. The topological polar surface area (TPSA) is 35.6 Å². The third-order valence-corrected chi connectivity index (χ3v) is 8.61. The zero-order chi connectivity index (χ0) is 27.9. The van der Waals surface area contributed by atoms with Gasteiger partial charge in [0.2, 0.25) is 0 Å². The summed E-state index contributed by atoms with van der Waals surface area (Å²) in [5.41, 5.74) is 5.96. The van der Waals surface area contributed by atoms with Crippen LogP contribution >= 0.6 is 0 Å². The highest BCUT2D eigenvalue weighted by Gasteiger charge is 2.41. The second-order valence-corrected chi connectivity index (χ2v) is 11.3. The Kier molecular flexibility index (Phi) is 10.6. The molecule has 2 aliphatic rings. The maximum absolute atomic E-state index is 15.8. The molecule has 0 aliphatic carbocycles. The Morgan fingerprint density at radius 3 is 2.42 bits per heavy atom. The third-order valence-electron chi connectivity index (χ3n) is 8.61. The molecule has 2 aliphatic heterocycles. The molecule has 1 aromatic rings. The molecular weight excluding hydrogens is 473 g/mol. The van der Waals surface area contributed by atoms with E-state index in [2.05, 4.69) is 68.1 Å². The first-order valence-corrected chi connectivity index (χ1v) is 14.8. The number of halogens is 1. The van der Waals surface area contributed by atoms with E-state index in [0.717, 1.165) is 111 Å². The van der Waals surface area contributed by atoms with Crippen molar-refractivity contribution in [3.8, 4) is 0 Å². The van der Waals surface area contributed by atoms with Crippen molar-refractivity contribution >= 4 is 5.91 Å². The average molecular weight is 524 g/mol. The SMILES string of the molecule is CC/C=C(/C)C1(c2c(F)cc(C)cc2CCC)CCN(/C(=C\CCC)NC(=O)C2=C(C)N(C)CCC2)CC1. The van der Waals surface area contributed by atoms with E-state index in [1.54, 1.807) is 6.07 Å². The number of carbonyl (C=O) groups is 1. The van der Waals surface area contributed by atoms with Gasteiger partial charge in [0.25, 0.3) is 5.91 Å². The van der Waals surface area contributed by atoms with Gasteiger partial charge in [0, 0.05) is 48.9 Å². The fourth-order valence-electron chi connectivity index (χ4n) is 6.37. The molecule has 0 radical (unpaired) electrons. The van der Waals surface area contributed by atoms with E-state index < -0.39 is 0 Å². The van der Waals surface area contributed by atoms with E-state index >= 15 is 4.39 Å². The number of rotatable bonds is 10. The predicted octanol–water partition coefficient (Wildman–Crippen LogP) is 7.53. The van der Waals surface area contributed by atoms with Gasteiger partial charge in [0.05, 0.1) is 0 Å². The van der Waals surface area contributed by atoms with Gasteiger partial charge in [-0.3, -0.25) is 4.79 Å². The van der Waals surface area contributed by atoms with Crippen molar-refractivity contribution in [2.45, 2.75) is 105 Å². The first-order chi connectivity index (χ1) is 18.2. The largest absolute Gasteiger partial charge is 0.378 e. The monoisotopic (exact) mass is 523 g/mol. The standard InChI is InChI=1S/C33H50FN3O/c1-8-11-16-30(35-32(38)28-15-12-19-36(7)26(28)6)37-20-17-33(18-21-37,25(5)13-9-2)31-27(14-10-3)22-24(4)23-29(31)34/h13,16,22-23H,8-12,14-15,17-21H2,1-7H3,(H,35,38)/b25-13-,30-16-. The zero-order valence-electron chi connectivity index (χ0n) is 25.0. The van der Waals surface area contributed by atoms with E-state index in [1.165, 1.54) is 5.57 Å². The minimum absolute atomic E-state index is 0.0186. The summed E-state index contributed by atoms with van der Waals surface area (Å²) in [7, 11) is 2.06. The minimum Gasteiger partial charge on any atom is -0.378 e. The van der Waals surface area contributed by atoms with Gasteiger partial charge in [-0.25, -0.2) is 4.39 Å². The fourth-order valence-corrected chi connectivity index (χ4v) is 6.37. The fraction of sp³-hybridized carbons (Fsp3) is 0.606. The van der Waals surface area contributed by atoms with Gasteiger partial charge >= 0.3 is 0 Å². The molecule has 5 heteroatoms. The number of unbranched alkanes of at least 4 members (excludes halogenated alkanes) is 1. The lowest BCUT2D eigenvalue weighted by atomic mass is 9.65. The number of aryl methyl sites for hydroxylation is 2. The van der Waals surface area contributed by atoms with Crippen LogP contribution < -0.4 is 5.32 Å². The number of hydrogen-bond acceptors (Lipinski definition) is 3. The van der Waals surface area contributed by atoms with Crippen molar-refractivity contribution in [2.75, 3.05) is 26.7 Å². The molecule has 0 spiro atoms. The van der Waals surface area contributed by atoms with Crippen molar-refractivity contribution in [1.29, 1.82) is 0 Å². The number of hydrogen-bond donors (Lipinski definition) is 1. The summed E-state index contributed by atoms with van der Waals surface area (Å²) in [4.78, 5) is 17.9. The summed E-state index contributed by atoms with van der Waals surface area (Å²) in [6.07, 6.45) is 12.7. The summed E-state index contributed by atoms with van der Waals surface area (Å²) >= 11 is 0. The Morgan fingerprint density at radius 1 is 1.08 bits per heavy atom. The molecule has 0 atom stereocenters. The second-order valence-electron chi connectivity index (χ2n) is 11.3. The summed E-state index contributed by atoms with van der Waals surface area (Å²) in [6, 6.07) is 3.91. The van der Waals surface area contributed by atoms with E-state index in [-0.39, 0.29) is 17.1 Å². The first kappa shape index (κ1) is 30.0. The molecule has 1 fully saturated rings. The predicted molar refractivity (Wildman–Crippen MR) is 157 cm³/mol. The first-order valence-electron chi connectivity index (χ1n) is 14.8. The van der Waals surface area contributed by atoms with Crippen molar-refractivity contribution in [3.05, 3.63) is 69.5 Å². The number of likely N-dealkylation sites (tertiary alicyclic amines) is 1. The van der Waals surface area contributed by atoms with Crippen LogP contribution in [0.5, 0.6) is 0 Å². The summed E-state index contributed by atoms with van der Waals surface area (Å²) < 4.78 is 15.8. The Hall–Kier alpha value is -2.56. The highest BCUT2D eigenvalue weighted by atomic mass is 19.1. The molecule has 3 rings (SSSR count). The molecule has 0 saturated carbocycles. The van der Waals surface area contributed by atoms with Gasteiger partial charge in [-0.05, 0) is 89.0 Å². The molecule has 0 unspecified atom stereocenters. The molecule has 0 bridgehead atoms. The van der Waals surface area contributed by atoms with Gasteiger partial charge in [-0.2, -0.15) is 0 Å². The van der Waals surface area contributed by atoms with E-state index in [4.69, 9.17) is 0 Å². The van der Waals surface area contributed by atoms with Crippen molar-refractivity contribution in [3.63, 3.8) is 0 Å². The summed E-state index contributed by atoms with van der Waals surface area (Å²) in [5.74, 6) is 0.865. The van der Waals surface area contributed by atoms with Crippen LogP contribution in [0.25, 0.3) is 0 Å². The molecule has 1 aromatic carbocycles. The number of allylic oxidation sites excluding steroid dienone is 4. The lowest BCUT2D eigenvalue weighted by molar-refractivity contribution is -0.117. The van der Waals surface area contributed by atoms with Crippen LogP contribution in [-0.2, 0) is 16.6 Å². The Labute approximate surface area is 231 Å². The number of nitrogens with one attached hydrogen (secondary N) is 1. The molecular formula is C33H50FN3O. The van der Waals surface area contributed by atoms with Gasteiger partial charge in [0.1, 0.15) is 11.6 Å². The van der Waals surface area contributed by atoms with Crippen LogP contribution in [0.4, 0.5) is 4.39 Å².